The molecule has 1 aliphatic carbocycles. The highest BCUT2D eigenvalue weighted by molar-refractivity contribution is 5.94. The zero-order chi connectivity index (χ0) is 11.4. The highest BCUT2D eigenvalue weighted by atomic mass is 16.2. The topological polar surface area (TPSA) is 49.0 Å². The van der Waals surface area contributed by atoms with Crippen LogP contribution in [0.1, 0.15) is 36.0 Å². The quantitative estimate of drug-likeness (QED) is 0.787. The Balaban J connectivity index is 2.12. The molecule has 0 saturated heterocycles. The zero-order valence-electron chi connectivity index (χ0n) is 9.35. The van der Waals surface area contributed by atoms with Crippen molar-refractivity contribution < 1.29 is 4.79 Å². The first-order valence-electron chi connectivity index (χ1n) is 5.73. The summed E-state index contributed by atoms with van der Waals surface area (Å²) in [6.07, 6.45) is 9.67. The van der Waals surface area contributed by atoms with E-state index in [0.717, 1.165) is 12.8 Å². The number of carbonyl (C=O) groups is 1. The molecule has 0 aromatic carbocycles. The van der Waals surface area contributed by atoms with Crippen molar-refractivity contribution in [2.75, 3.05) is 6.54 Å². The predicted octanol–water partition coefficient (Wildman–Crippen LogP) is 1.98. The lowest BCUT2D eigenvalue weighted by Gasteiger charge is -2.27. The average molecular weight is 219 g/mol. The van der Waals surface area contributed by atoms with Crippen molar-refractivity contribution in [3.63, 3.8) is 0 Å². The van der Waals surface area contributed by atoms with Gasteiger partial charge in [-0.05, 0) is 12.8 Å². The fourth-order valence-corrected chi connectivity index (χ4v) is 2.29. The number of rotatable bonds is 4. The lowest BCUT2D eigenvalue weighted by molar-refractivity contribution is 0.0706. The monoisotopic (exact) mass is 219 g/mol. The summed E-state index contributed by atoms with van der Waals surface area (Å²) in [6, 6.07) is 0.375. The van der Waals surface area contributed by atoms with E-state index in [1.165, 1.54) is 12.8 Å². The van der Waals surface area contributed by atoms with Gasteiger partial charge in [0.15, 0.2) is 0 Å². The maximum atomic E-state index is 12.2. The molecule has 0 bridgehead atoms. The number of amides is 1. The van der Waals surface area contributed by atoms with Crippen LogP contribution in [0.4, 0.5) is 0 Å². The van der Waals surface area contributed by atoms with Gasteiger partial charge in [0.05, 0.1) is 11.8 Å². The number of H-pyrrole nitrogens is 1. The molecule has 86 valence electrons. The minimum absolute atomic E-state index is 0.0561. The van der Waals surface area contributed by atoms with E-state index < -0.39 is 0 Å². The van der Waals surface area contributed by atoms with Crippen LogP contribution in [0, 0.1) is 0 Å². The second-order valence-electron chi connectivity index (χ2n) is 4.17. The normalized spacial score (nSPS) is 16.2. The number of aromatic nitrogens is 2. The smallest absolute Gasteiger partial charge is 0.257 e. The van der Waals surface area contributed by atoms with Crippen molar-refractivity contribution >= 4 is 5.91 Å². The zero-order valence-corrected chi connectivity index (χ0v) is 9.35. The molecule has 1 saturated carbocycles. The fourth-order valence-electron chi connectivity index (χ4n) is 2.29. The van der Waals surface area contributed by atoms with Gasteiger partial charge in [-0.15, -0.1) is 6.58 Å². The number of aromatic amines is 1. The predicted molar refractivity (Wildman–Crippen MR) is 62.1 cm³/mol. The van der Waals surface area contributed by atoms with Crippen molar-refractivity contribution in [3.8, 4) is 0 Å². The molecule has 0 atom stereocenters. The molecule has 0 spiro atoms. The summed E-state index contributed by atoms with van der Waals surface area (Å²) in [4.78, 5) is 14.1. The van der Waals surface area contributed by atoms with Gasteiger partial charge in [-0.3, -0.25) is 9.89 Å². The van der Waals surface area contributed by atoms with Crippen LogP contribution in [-0.2, 0) is 0 Å². The Labute approximate surface area is 95.3 Å². The van der Waals surface area contributed by atoms with Crippen LogP contribution in [0.3, 0.4) is 0 Å². The number of carbonyl (C=O) groups excluding carboxylic acids is 1. The third-order valence-electron chi connectivity index (χ3n) is 3.10. The van der Waals surface area contributed by atoms with Gasteiger partial charge in [-0.25, -0.2) is 0 Å². The van der Waals surface area contributed by atoms with E-state index in [9.17, 15) is 4.79 Å². The van der Waals surface area contributed by atoms with Crippen LogP contribution in [-0.4, -0.2) is 33.6 Å². The second kappa shape index (κ2) is 4.96. The first-order chi connectivity index (χ1) is 7.83. The summed E-state index contributed by atoms with van der Waals surface area (Å²) in [5.41, 5.74) is 0.633. The summed E-state index contributed by atoms with van der Waals surface area (Å²) in [7, 11) is 0. The maximum Gasteiger partial charge on any atom is 0.257 e. The number of hydrogen-bond donors (Lipinski definition) is 1. The maximum absolute atomic E-state index is 12.2. The number of hydrogen-bond acceptors (Lipinski definition) is 2. The van der Waals surface area contributed by atoms with Gasteiger partial charge in [0, 0.05) is 18.8 Å². The Morgan fingerprint density at radius 1 is 1.62 bits per heavy atom. The molecule has 0 aliphatic heterocycles. The molecule has 0 unspecified atom stereocenters. The van der Waals surface area contributed by atoms with E-state index in [0.29, 0.717) is 18.2 Å². The first-order valence-corrected chi connectivity index (χ1v) is 5.73. The average Bonchev–Trinajstić information content (AvgIpc) is 2.96. The lowest BCUT2D eigenvalue weighted by atomic mass is 10.2. The van der Waals surface area contributed by atoms with Crippen LogP contribution in [0.15, 0.2) is 25.0 Å². The molecule has 2 rings (SSSR count). The van der Waals surface area contributed by atoms with Crippen LogP contribution < -0.4 is 0 Å². The molecule has 1 aromatic heterocycles. The van der Waals surface area contributed by atoms with Crippen LogP contribution in [0.5, 0.6) is 0 Å². The Morgan fingerprint density at radius 3 is 2.94 bits per heavy atom. The van der Waals surface area contributed by atoms with E-state index in [4.69, 9.17) is 0 Å². The fraction of sp³-hybridized carbons (Fsp3) is 0.500. The Kier molecular flexibility index (Phi) is 3.39. The standard InChI is InChI=1S/C12H17N3O/c1-2-7-15(11-5-3-4-6-11)12(16)10-8-13-14-9-10/h2,8-9,11H,1,3-7H2,(H,13,14). The molecule has 1 amide bonds. The van der Waals surface area contributed by atoms with Gasteiger partial charge >= 0.3 is 0 Å². The molecule has 16 heavy (non-hydrogen) atoms. The third kappa shape index (κ3) is 2.15. The minimum Gasteiger partial charge on any atom is -0.332 e. The van der Waals surface area contributed by atoms with Gasteiger partial charge in [-0.1, -0.05) is 18.9 Å². The third-order valence-corrected chi connectivity index (χ3v) is 3.10. The van der Waals surface area contributed by atoms with Gasteiger partial charge in [0.25, 0.3) is 5.91 Å². The Hall–Kier alpha value is -1.58. The summed E-state index contributed by atoms with van der Waals surface area (Å²) in [6.45, 7) is 4.34. The van der Waals surface area contributed by atoms with Crippen molar-refractivity contribution in [2.24, 2.45) is 0 Å². The van der Waals surface area contributed by atoms with Gasteiger partial charge in [-0.2, -0.15) is 5.10 Å². The van der Waals surface area contributed by atoms with E-state index in [1.807, 2.05) is 4.90 Å². The summed E-state index contributed by atoms with van der Waals surface area (Å²) in [5.74, 6) is 0.0561. The lowest BCUT2D eigenvalue weighted by Crippen LogP contribution is -2.38. The molecular weight excluding hydrogens is 202 g/mol. The summed E-state index contributed by atoms with van der Waals surface area (Å²) in [5, 5.41) is 6.49. The number of nitrogens with one attached hydrogen (secondary N) is 1. The molecule has 1 aromatic rings. The molecule has 1 fully saturated rings. The van der Waals surface area contributed by atoms with E-state index >= 15 is 0 Å². The summed E-state index contributed by atoms with van der Waals surface area (Å²) < 4.78 is 0. The molecule has 4 heteroatoms. The minimum atomic E-state index is 0.0561. The second-order valence-corrected chi connectivity index (χ2v) is 4.17. The van der Waals surface area contributed by atoms with E-state index in [2.05, 4.69) is 16.8 Å². The Morgan fingerprint density at radius 2 is 2.38 bits per heavy atom. The SMILES string of the molecule is C=CCN(C(=O)c1cn[nH]c1)C1CCCC1. The van der Waals surface area contributed by atoms with Crippen LogP contribution in [0.25, 0.3) is 0 Å². The van der Waals surface area contributed by atoms with Gasteiger partial charge in [0.2, 0.25) is 0 Å². The highest BCUT2D eigenvalue weighted by Gasteiger charge is 2.26. The van der Waals surface area contributed by atoms with Crippen molar-refractivity contribution in [1.29, 1.82) is 0 Å². The van der Waals surface area contributed by atoms with Crippen molar-refractivity contribution in [3.05, 3.63) is 30.6 Å². The van der Waals surface area contributed by atoms with Gasteiger partial charge < -0.3 is 4.90 Å². The summed E-state index contributed by atoms with van der Waals surface area (Å²) >= 11 is 0. The molecule has 0 radical (unpaired) electrons. The van der Waals surface area contributed by atoms with Crippen molar-refractivity contribution in [1.82, 2.24) is 15.1 Å². The highest BCUT2D eigenvalue weighted by Crippen LogP contribution is 2.24. The molecular formula is C12H17N3O. The van der Waals surface area contributed by atoms with Gasteiger partial charge in [0.1, 0.15) is 0 Å². The first kappa shape index (κ1) is 10.9. The molecule has 1 N–H and O–H groups in total. The van der Waals surface area contributed by atoms with Crippen LogP contribution >= 0.6 is 0 Å². The van der Waals surface area contributed by atoms with E-state index in [-0.39, 0.29) is 5.91 Å². The van der Waals surface area contributed by atoms with E-state index in [1.54, 1.807) is 18.5 Å². The van der Waals surface area contributed by atoms with Crippen LogP contribution in [0.2, 0.25) is 0 Å². The molecule has 1 heterocycles. The Bertz CT molecular complexity index is 352. The van der Waals surface area contributed by atoms with Crippen molar-refractivity contribution in [2.45, 2.75) is 31.7 Å². The number of nitrogens with zero attached hydrogens (tertiary/aromatic N) is 2. The largest absolute Gasteiger partial charge is 0.332 e. The molecule has 1 aliphatic rings. The molecule has 4 nitrogen and oxygen atoms in total.